The molecule has 1 heterocycles. The van der Waals surface area contributed by atoms with E-state index in [-0.39, 0.29) is 24.3 Å². The van der Waals surface area contributed by atoms with E-state index in [2.05, 4.69) is 0 Å². The highest BCUT2D eigenvalue weighted by atomic mass is 16.5. The Morgan fingerprint density at radius 3 is 2.80 bits per heavy atom. The average Bonchev–Trinajstić information content (AvgIpc) is 2.46. The molecular weight excluding hydrogens is 254 g/mol. The number of rotatable bonds is 3. The van der Waals surface area contributed by atoms with Crippen molar-refractivity contribution >= 4 is 17.6 Å². The lowest BCUT2D eigenvalue weighted by Gasteiger charge is -2.36. The van der Waals surface area contributed by atoms with Gasteiger partial charge in [0, 0.05) is 18.2 Å². The third-order valence-corrected chi connectivity index (χ3v) is 3.71. The van der Waals surface area contributed by atoms with Crippen LogP contribution in [0.1, 0.15) is 39.2 Å². The van der Waals surface area contributed by atoms with E-state index in [1.54, 1.807) is 18.7 Å². The number of anilines is 1. The zero-order chi connectivity index (χ0) is 14.7. The van der Waals surface area contributed by atoms with E-state index in [1.165, 1.54) is 5.56 Å². The predicted octanol–water partition coefficient (Wildman–Crippen LogP) is 2.70. The number of carbonyl (C=O) groups is 2. The monoisotopic (exact) mass is 275 g/mol. The third kappa shape index (κ3) is 2.84. The average molecular weight is 275 g/mol. The summed E-state index contributed by atoms with van der Waals surface area (Å²) in [5.74, 6) is -0.491. The Labute approximate surface area is 119 Å². The van der Waals surface area contributed by atoms with Crippen LogP contribution in [0.25, 0.3) is 0 Å². The third-order valence-electron chi connectivity index (χ3n) is 3.71. The fraction of sp³-hybridized carbons (Fsp3) is 0.500. The van der Waals surface area contributed by atoms with Crippen LogP contribution in [0.5, 0.6) is 0 Å². The molecule has 0 radical (unpaired) electrons. The molecule has 0 N–H and O–H groups in total. The molecule has 2 unspecified atom stereocenters. The number of amides is 1. The minimum Gasteiger partial charge on any atom is -0.453 e. The molecule has 1 aromatic rings. The first-order valence-electron chi connectivity index (χ1n) is 7.15. The van der Waals surface area contributed by atoms with Gasteiger partial charge in [-0.15, -0.1) is 0 Å². The predicted molar refractivity (Wildman–Crippen MR) is 77.6 cm³/mol. The Balaban J connectivity index is 2.22. The van der Waals surface area contributed by atoms with Crippen molar-refractivity contribution in [2.24, 2.45) is 0 Å². The normalized spacial score (nSPS) is 19.1. The lowest BCUT2D eigenvalue weighted by molar-refractivity contribution is -0.153. The quantitative estimate of drug-likeness (QED) is 0.797. The molecule has 1 aromatic carbocycles. The van der Waals surface area contributed by atoms with E-state index in [9.17, 15) is 9.59 Å². The van der Waals surface area contributed by atoms with Gasteiger partial charge in [-0.1, -0.05) is 25.1 Å². The summed E-state index contributed by atoms with van der Waals surface area (Å²) in [6, 6.07) is 8.04. The van der Waals surface area contributed by atoms with Gasteiger partial charge in [0.15, 0.2) is 6.10 Å². The second-order valence-electron chi connectivity index (χ2n) is 5.21. The van der Waals surface area contributed by atoms with Gasteiger partial charge in [0.25, 0.3) is 5.91 Å². The molecule has 1 aliphatic heterocycles. The molecule has 0 saturated carbocycles. The van der Waals surface area contributed by atoms with Crippen LogP contribution in [0.15, 0.2) is 24.3 Å². The second-order valence-corrected chi connectivity index (χ2v) is 5.21. The van der Waals surface area contributed by atoms with Crippen LogP contribution in [0.4, 0.5) is 5.69 Å². The van der Waals surface area contributed by atoms with Crippen molar-refractivity contribution in [1.82, 2.24) is 0 Å². The number of hydrogen-bond donors (Lipinski definition) is 0. The standard InChI is InChI=1S/C16H21NO3/c1-4-15(18)20-12(3)16(19)17-11(2)9-10-13-7-5-6-8-14(13)17/h5-8,11-12H,4,9-10H2,1-3H3. The summed E-state index contributed by atoms with van der Waals surface area (Å²) in [5.41, 5.74) is 2.11. The fourth-order valence-electron chi connectivity index (χ4n) is 2.55. The number of carbonyl (C=O) groups excluding carboxylic acids is 2. The number of aryl methyl sites for hydroxylation is 1. The first-order valence-corrected chi connectivity index (χ1v) is 7.15. The zero-order valence-corrected chi connectivity index (χ0v) is 12.3. The number of esters is 1. The molecule has 108 valence electrons. The Hall–Kier alpha value is -1.84. The summed E-state index contributed by atoms with van der Waals surface area (Å²) in [4.78, 5) is 25.7. The van der Waals surface area contributed by atoms with Crippen LogP contribution >= 0.6 is 0 Å². The van der Waals surface area contributed by atoms with Crippen molar-refractivity contribution < 1.29 is 14.3 Å². The Morgan fingerprint density at radius 1 is 1.40 bits per heavy atom. The molecule has 0 aromatic heterocycles. The molecule has 4 heteroatoms. The number of ether oxygens (including phenoxy) is 1. The molecule has 2 rings (SSSR count). The summed E-state index contributed by atoms with van der Waals surface area (Å²) >= 11 is 0. The Morgan fingerprint density at radius 2 is 2.10 bits per heavy atom. The largest absolute Gasteiger partial charge is 0.453 e. The van der Waals surface area contributed by atoms with Gasteiger partial charge in [-0.3, -0.25) is 9.59 Å². The van der Waals surface area contributed by atoms with Gasteiger partial charge >= 0.3 is 5.97 Å². The van der Waals surface area contributed by atoms with E-state index < -0.39 is 6.10 Å². The van der Waals surface area contributed by atoms with Gasteiger partial charge in [0.05, 0.1) is 0 Å². The zero-order valence-electron chi connectivity index (χ0n) is 12.3. The molecule has 0 bridgehead atoms. The first kappa shape index (κ1) is 14.6. The van der Waals surface area contributed by atoms with Crippen molar-refractivity contribution in [2.45, 2.75) is 52.2 Å². The van der Waals surface area contributed by atoms with Gasteiger partial charge in [0.1, 0.15) is 0 Å². The topological polar surface area (TPSA) is 46.6 Å². The summed E-state index contributed by atoms with van der Waals surface area (Å²) < 4.78 is 5.15. The van der Waals surface area contributed by atoms with Crippen LogP contribution in [0.2, 0.25) is 0 Å². The highest BCUT2D eigenvalue weighted by Crippen LogP contribution is 2.31. The Kier molecular flexibility index (Phi) is 4.42. The molecule has 4 nitrogen and oxygen atoms in total. The van der Waals surface area contributed by atoms with Gasteiger partial charge in [0.2, 0.25) is 0 Å². The lowest BCUT2D eigenvalue weighted by atomic mass is 9.96. The minimum atomic E-state index is -0.740. The van der Waals surface area contributed by atoms with E-state index >= 15 is 0 Å². The number of hydrogen-bond acceptors (Lipinski definition) is 3. The van der Waals surface area contributed by atoms with Crippen LogP contribution in [0, 0.1) is 0 Å². The van der Waals surface area contributed by atoms with Crippen LogP contribution < -0.4 is 4.90 Å². The summed E-state index contributed by atoms with van der Waals surface area (Å²) in [7, 11) is 0. The van der Waals surface area contributed by atoms with E-state index in [4.69, 9.17) is 4.74 Å². The SMILES string of the molecule is CCC(=O)OC(C)C(=O)N1c2ccccc2CCC1C. The van der Waals surface area contributed by atoms with Crippen molar-refractivity contribution in [3.63, 3.8) is 0 Å². The highest BCUT2D eigenvalue weighted by Gasteiger charge is 2.32. The molecule has 20 heavy (non-hydrogen) atoms. The molecule has 1 amide bonds. The maximum atomic E-state index is 12.6. The maximum absolute atomic E-state index is 12.6. The van der Waals surface area contributed by atoms with Gasteiger partial charge in [-0.2, -0.15) is 0 Å². The smallest absolute Gasteiger partial charge is 0.306 e. The second kappa shape index (κ2) is 6.07. The number of para-hydroxylation sites is 1. The first-order chi connectivity index (χ1) is 9.54. The van der Waals surface area contributed by atoms with E-state index in [0.717, 1.165) is 18.5 Å². The van der Waals surface area contributed by atoms with Crippen LogP contribution in [-0.4, -0.2) is 24.0 Å². The van der Waals surface area contributed by atoms with Crippen molar-refractivity contribution in [2.75, 3.05) is 4.90 Å². The Bertz CT molecular complexity index is 512. The van der Waals surface area contributed by atoms with Crippen LogP contribution in [-0.2, 0) is 20.7 Å². The number of nitrogens with zero attached hydrogens (tertiary/aromatic N) is 1. The van der Waals surface area contributed by atoms with Gasteiger partial charge in [-0.05, 0) is 38.3 Å². The molecular formula is C16H21NO3. The van der Waals surface area contributed by atoms with E-state index in [1.807, 2.05) is 31.2 Å². The molecule has 1 aliphatic rings. The molecule has 0 spiro atoms. The molecule has 0 saturated heterocycles. The summed E-state index contributed by atoms with van der Waals surface area (Å²) in [6.07, 6.45) is 1.45. The molecule has 0 aliphatic carbocycles. The summed E-state index contributed by atoms with van der Waals surface area (Å²) in [6.45, 7) is 5.39. The number of benzene rings is 1. The lowest BCUT2D eigenvalue weighted by Crippen LogP contribution is -2.47. The van der Waals surface area contributed by atoms with Gasteiger partial charge in [-0.25, -0.2) is 0 Å². The highest BCUT2D eigenvalue weighted by molar-refractivity contribution is 5.98. The van der Waals surface area contributed by atoms with Crippen molar-refractivity contribution in [3.05, 3.63) is 29.8 Å². The van der Waals surface area contributed by atoms with Crippen LogP contribution in [0.3, 0.4) is 0 Å². The fourth-order valence-corrected chi connectivity index (χ4v) is 2.55. The van der Waals surface area contributed by atoms with Gasteiger partial charge < -0.3 is 9.64 Å². The maximum Gasteiger partial charge on any atom is 0.306 e. The van der Waals surface area contributed by atoms with E-state index in [0.29, 0.717) is 0 Å². The molecule has 2 atom stereocenters. The number of fused-ring (bicyclic) bond motifs is 1. The minimum absolute atomic E-state index is 0.125. The van der Waals surface area contributed by atoms with Crippen molar-refractivity contribution in [1.29, 1.82) is 0 Å². The molecule has 0 fully saturated rings. The van der Waals surface area contributed by atoms with Crippen molar-refractivity contribution in [3.8, 4) is 0 Å². The summed E-state index contributed by atoms with van der Waals surface area (Å²) in [5, 5.41) is 0.